The largest absolute Gasteiger partial charge is 0.466 e. The lowest BCUT2D eigenvalue weighted by atomic mass is 9.96. The average molecular weight is 365 g/mol. The van der Waals surface area contributed by atoms with E-state index >= 15 is 0 Å². The van der Waals surface area contributed by atoms with Crippen molar-refractivity contribution in [3.63, 3.8) is 0 Å². The topological polar surface area (TPSA) is 88.2 Å². The zero-order chi connectivity index (χ0) is 18.5. The summed E-state index contributed by atoms with van der Waals surface area (Å²) in [6, 6.07) is 0. The Hall–Kier alpha value is -1.93. The van der Waals surface area contributed by atoms with Gasteiger partial charge in [-0.05, 0) is 19.8 Å². The quantitative estimate of drug-likeness (QED) is 0.525. The molecule has 3 rings (SSSR count). The SMILES string of the molecule is CCOC(=O)C1CCCN(c2c(NCCN3CCOCC3)c(=O)c2=O)C1. The molecule has 2 aliphatic heterocycles. The molecule has 0 spiro atoms. The van der Waals surface area contributed by atoms with Crippen LogP contribution in [0.3, 0.4) is 0 Å². The van der Waals surface area contributed by atoms with E-state index in [0.717, 1.165) is 45.7 Å². The molecule has 0 radical (unpaired) electrons. The maximum absolute atomic E-state index is 12.1. The van der Waals surface area contributed by atoms with Crippen LogP contribution in [0.25, 0.3) is 0 Å². The van der Waals surface area contributed by atoms with E-state index in [1.54, 1.807) is 6.92 Å². The molecule has 8 heteroatoms. The van der Waals surface area contributed by atoms with E-state index in [4.69, 9.17) is 9.47 Å². The van der Waals surface area contributed by atoms with Gasteiger partial charge in [0, 0.05) is 39.3 Å². The first-order valence-electron chi connectivity index (χ1n) is 9.40. The van der Waals surface area contributed by atoms with Gasteiger partial charge in [0.05, 0.1) is 25.7 Å². The van der Waals surface area contributed by atoms with Gasteiger partial charge in [0.2, 0.25) is 0 Å². The Kier molecular flexibility index (Phi) is 6.26. The Labute approximate surface area is 152 Å². The van der Waals surface area contributed by atoms with Gasteiger partial charge < -0.3 is 19.7 Å². The summed E-state index contributed by atoms with van der Waals surface area (Å²) < 4.78 is 10.4. The minimum absolute atomic E-state index is 0.224. The predicted molar refractivity (Wildman–Crippen MR) is 98.7 cm³/mol. The molecule has 0 amide bonds. The standard InChI is InChI=1S/C18H27N3O5/c1-2-26-18(24)13-4-3-6-21(12-13)15-14(16(22)17(15)23)19-5-7-20-8-10-25-11-9-20/h13,19H,2-12H2,1H3. The van der Waals surface area contributed by atoms with E-state index in [9.17, 15) is 14.4 Å². The number of hydrogen-bond donors (Lipinski definition) is 1. The van der Waals surface area contributed by atoms with Crippen molar-refractivity contribution in [2.24, 2.45) is 5.92 Å². The fourth-order valence-electron chi connectivity index (χ4n) is 3.64. The summed E-state index contributed by atoms with van der Waals surface area (Å²) >= 11 is 0. The summed E-state index contributed by atoms with van der Waals surface area (Å²) in [7, 11) is 0. The maximum atomic E-state index is 12.1. The first-order valence-corrected chi connectivity index (χ1v) is 9.40. The summed E-state index contributed by atoms with van der Waals surface area (Å²) in [6.07, 6.45) is 1.56. The molecule has 0 saturated carbocycles. The number of morpholine rings is 1. The summed E-state index contributed by atoms with van der Waals surface area (Å²) in [5, 5.41) is 3.13. The molecule has 0 aliphatic carbocycles. The van der Waals surface area contributed by atoms with Gasteiger partial charge in [0.15, 0.2) is 0 Å². The number of piperidine rings is 1. The van der Waals surface area contributed by atoms with Crippen LogP contribution in [-0.4, -0.2) is 70.0 Å². The van der Waals surface area contributed by atoms with Crippen molar-refractivity contribution in [1.29, 1.82) is 0 Å². The summed E-state index contributed by atoms with van der Waals surface area (Å²) in [6.45, 7) is 7.88. The molecule has 2 fully saturated rings. The van der Waals surface area contributed by atoms with Crippen molar-refractivity contribution < 1.29 is 14.3 Å². The number of nitrogens with zero attached hydrogens (tertiary/aromatic N) is 2. The number of carbonyl (C=O) groups excluding carboxylic acids is 1. The minimum Gasteiger partial charge on any atom is -0.466 e. The van der Waals surface area contributed by atoms with Crippen molar-refractivity contribution in [2.45, 2.75) is 19.8 Å². The molecule has 1 unspecified atom stereocenters. The average Bonchev–Trinajstić information content (AvgIpc) is 2.68. The second kappa shape index (κ2) is 8.64. The minimum atomic E-state index is -0.458. The predicted octanol–water partition coefficient (Wildman–Crippen LogP) is -0.194. The second-order valence-corrected chi connectivity index (χ2v) is 6.80. The number of rotatable bonds is 7. The number of carbonyl (C=O) groups is 1. The Morgan fingerprint density at radius 3 is 2.73 bits per heavy atom. The van der Waals surface area contributed by atoms with Gasteiger partial charge in [-0.15, -0.1) is 0 Å². The van der Waals surface area contributed by atoms with Crippen LogP contribution in [0.4, 0.5) is 11.4 Å². The summed E-state index contributed by atoms with van der Waals surface area (Å²) in [5.41, 5.74) is -0.0811. The van der Waals surface area contributed by atoms with Crippen LogP contribution in [0.15, 0.2) is 9.59 Å². The van der Waals surface area contributed by atoms with Crippen LogP contribution in [0.1, 0.15) is 19.8 Å². The summed E-state index contributed by atoms with van der Waals surface area (Å²) in [4.78, 5) is 40.2. The molecule has 1 atom stereocenters. The molecule has 2 aliphatic rings. The maximum Gasteiger partial charge on any atom is 0.310 e. The van der Waals surface area contributed by atoms with E-state index in [1.807, 2.05) is 4.90 Å². The van der Waals surface area contributed by atoms with Gasteiger partial charge in [-0.3, -0.25) is 19.3 Å². The highest BCUT2D eigenvalue weighted by molar-refractivity contribution is 5.78. The lowest BCUT2D eigenvalue weighted by Crippen LogP contribution is -2.48. The van der Waals surface area contributed by atoms with Gasteiger partial charge in [0.25, 0.3) is 10.9 Å². The lowest BCUT2D eigenvalue weighted by Gasteiger charge is -2.34. The van der Waals surface area contributed by atoms with E-state index in [1.165, 1.54) is 0 Å². The first kappa shape index (κ1) is 18.8. The van der Waals surface area contributed by atoms with E-state index < -0.39 is 10.9 Å². The first-order chi connectivity index (χ1) is 12.6. The summed E-state index contributed by atoms with van der Waals surface area (Å²) in [5.74, 6) is -0.466. The Bertz CT molecular complexity index is 691. The van der Waals surface area contributed by atoms with E-state index in [0.29, 0.717) is 37.6 Å². The monoisotopic (exact) mass is 365 g/mol. The van der Waals surface area contributed by atoms with Gasteiger partial charge >= 0.3 is 5.97 Å². The Morgan fingerprint density at radius 2 is 2.00 bits per heavy atom. The highest BCUT2D eigenvalue weighted by Gasteiger charge is 2.32. The van der Waals surface area contributed by atoms with Gasteiger partial charge in [-0.1, -0.05) is 0 Å². The van der Waals surface area contributed by atoms with Gasteiger partial charge in [-0.25, -0.2) is 0 Å². The lowest BCUT2D eigenvalue weighted by molar-refractivity contribution is -0.148. The molecule has 2 saturated heterocycles. The number of ether oxygens (including phenoxy) is 2. The van der Waals surface area contributed by atoms with Crippen molar-refractivity contribution in [2.75, 3.05) is 69.3 Å². The molecule has 1 aromatic carbocycles. The smallest absolute Gasteiger partial charge is 0.310 e. The highest BCUT2D eigenvalue weighted by atomic mass is 16.5. The van der Waals surface area contributed by atoms with Crippen LogP contribution in [0.5, 0.6) is 0 Å². The van der Waals surface area contributed by atoms with Gasteiger partial charge in [-0.2, -0.15) is 0 Å². The molecular weight excluding hydrogens is 338 g/mol. The normalized spacial score (nSPS) is 21.7. The number of nitrogens with one attached hydrogen (secondary N) is 1. The van der Waals surface area contributed by atoms with Gasteiger partial charge in [0.1, 0.15) is 11.4 Å². The van der Waals surface area contributed by atoms with Crippen LogP contribution in [0, 0.1) is 5.92 Å². The van der Waals surface area contributed by atoms with E-state index in [2.05, 4.69) is 10.2 Å². The third kappa shape index (κ3) is 4.07. The molecule has 1 aromatic rings. The zero-order valence-electron chi connectivity index (χ0n) is 15.3. The molecule has 144 valence electrons. The fraction of sp³-hybridized carbons (Fsp3) is 0.722. The van der Waals surface area contributed by atoms with Crippen molar-refractivity contribution in [3.8, 4) is 0 Å². The number of anilines is 2. The molecule has 0 bridgehead atoms. The Balaban J connectivity index is 1.59. The number of esters is 1. The van der Waals surface area contributed by atoms with Crippen LogP contribution in [0.2, 0.25) is 0 Å². The fourth-order valence-corrected chi connectivity index (χ4v) is 3.64. The highest BCUT2D eigenvalue weighted by Crippen LogP contribution is 2.26. The molecule has 2 heterocycles. The number of hydrogen-bond acceptors (Lipinski definition) is 8. The van der Waals surface area contributed by atoms with Crippen molar-refractivity contribution in [1.82, 2.24) is 4.90 Å². The Morgan fingerprint density at radius 1 is 1.23 bits per heavy atom. The van der Waals surface area contributed by atoms with Crippen LogP contribution < -0.4 is 21.1 Å². The van der Waals surface area contributed by atoms with Crippen LogP contribution in [-0.2, 0) is 14.3 Å². The van der Waals surface area contributed by atoms with Crippen LogP contribution >= 0.6 is 0 Å². The molecule has 1 N–H and O–H groups in total. The van der Waals surface area contributed by atoms with E-state index in [-0.39, 0.29) is 11.9 Å². The molecule has 8 nitrogen and oxygen atoms in total. The second-order valence-electron chi connectivity index (χ2n) is 6.80. The van der Waals surface area contributed by atoms with Crippen molar-refractivity contribution in [3.05, 3.63) is 20.4 Å². The molecule has 26 heavy (non-hydrogen) atoms. The third-order valence-corrected chi connectivity index (χ3v) is 5.08. The van der Waals surface area contributed by atoms with Crippen molar-refractivity contribution >= 4 is 17.3 Å². The molecular formula is C18H27N3O5. The zero-order valence-corrected chi connectivity index (χ0v) is 15.3. The molecule has 0 aromatic heterocycles. The third-order valence-electron chi connectivity index (χ3n) is 5.08.